The molecular weight excluding hydrogens is 573 g/mol. The first-order valence-corrected chi connectivity index (χ1v) is 21.8. The maximum atomic E-state index is 12.5. The third kappa shape index (κ3) is 21.8. The monoisotopic (exact) mass is 633 g/mol. The average Bonchev–Trinajstić information content (AvgIpc) is 2.79. The molecular formula is C31H60ClNO2Sn. The second-order valence-electron chi connectivity index (χ2n) is 12.0. The molecule has 0 aliphatic rings. The van der Waals surface area contributed by atoms with E-state index in [1.165, 1.54) is 75.1 Å². The molecule has 36 heavy (non-hydrogen) atoms. The van der Waals surface area contributed by atoms with E-state index >= 15 is 0 Å². The van der Waals surface area contributed by atoms with E-state index in [1.54, 1.807) is 0 Å². The van der Waals surface area contributed by atoms with E-state index in [-0.39, 0.29) is 18.4 Å². The van der Waals surface area contributed by atoms with Crippen LogP contribution in [0.5, 0.6) is 0 Å². The van der Waals surface area contributed by atoms with Gasteiger partial charge >= 0.3 is 164 Å². The van der Waals surface area contributed by atoms with Gasteiger partial charge in [0.1, 0.15) is 6.54 Å². The zero-order chi connectivity index (χ0) is 26.6. The molecule has 0 spiro atoms. The van der Waals surface area contributed by atoms with Crippen LogP contribution in [-0.2, 0) is 14.4 Å². The summed E-state index contributed by atoms with van der Waals surface area (Å²) in [6.07, 6.45) is 12.7. The van der Waals surface area contributed by atoms with Crippen LogP contribution in [0.25, 0.3) is 0 Å². The van der Waals surface area contributed by atoms with E-state index in [2.05, 4.69) is 86.0 Å². The van der Waals surface area contributed by atoms with Crippen molar-refractivity contribution in [2.45, 2.75) is 132 Å². The third-order valence-corrected chi connectivity index (χ3v) is 19.2. The summed E-state index contributed by atoms with van der Waals surface area (Å²) in [6.45, 7) is 14.8. The Kier molecular flexibility index (Phi) is 23.9. The van der Waals surface area contributed by atoms with E-state index < -0.39 is 18.8 Å². The molecule has 0 saturated heterocycles. The predicted molar refractivity (Wildman–Crippen MR) is 156 cm³/mol. The zero-order valence-electron chi connectivity index (χ0n) is 25.2. The van der Waals surface area contributed by atoms with E-state index in [0.717, 1.165) is 19.4 Å². The van der Waals surface area contributed by atoms with Gasteiger partial charge in [0.25, 0.3) is 0 Å². The molecule has 212 valence electrons. The number of nitrogens with one attached hydrogen (secondary N) is 1. The summed E-state index contributed by atoms with van der Waals surface area (Å²) in [6, 6.07) is 10.5. The summed E-state index contributed by atoms with van der Waals surface area (Å²) in [5.74, 6) is 0.134. The third-order valence-electron chi connectivity index (χ3n) is 6.50. The van der Waals surface area contributed by atoms with Crippen molar-refractivity contribution < 1.29 is 25.2 Å². The van der Waals surface area contributed by atoms with Crippen molar-refractivity contribution in [2.24, 2.45) is 5.41 Å². The van der Waals surface area contributed by atoms with Crippen LogP contribution in [0.2, 0.25) is 13.3 Å². The van der Waals surface area contributed by atoms with E-state index in [1.807, 2.05) is 0 Å². The Labute approximate surface area is 236 Å². The molecule has 1 aromatic rings. The average molecular weight is 633 g/mol. The summed E-state index contributed by atoms with van der Waals surface area (Å²) in [5.41, 5.74) is 1.81. The Balaban J connectivity index is 0. The van der Waals surface area contributed by atoms with Crippen molar-refractivity contribution in [2.75, 3.05) is 14.1 Å². The van der Waals surface area contributed by atoms with Gasteiger partial charge in [-0.3, -0.25) is 0 Å². The van der Waals surface area contributed by atoms with Crippen LogP contribution in [0.3, 0.4) is 0 Å². The first-order valence-electron chi connectivity index (χ1n) is 14.6. The fourth-order valence-corrected chi connectivity index (χ4v) is 17.7. The number of carbonyl (C=O) groups is 1. The second-order valence-corrected chi connectivity index (χ2v) is 23.6. The summed E-state index contributed by atoms with van der Waals surface area (Å²) >= 11 is -2.73. The molecule has 5 heteroatoms. The number of quaternary nitrogens is 1. The van der Waals surface area contributed by atoms with Crippen molar-refractivity contribution in [1.29, 1.82) is 0 Å². The molecule has 0 heterocycles. The van der Waals surface area contributed by atoms with Gasteiger partial charge in [-0.25, -0.2) is 0 Å². The van der Waals surface area contributed by atoms with Crippen LogP contribution in [0.1, 0.15) is 118 Å². The molecule has 0 saturated carbocycles. The van der Waals surface area contributed by atoms with Gasteiger partial charge in [0.15, 0.2) is 0 Å². The largest absolute Gasteiger partial charge is 1.00 e. The van der Waals surface area contributed by atoms with E-state index in [9.17, 15) is 4.79 Å². The van der Waals surface area contributed by atoms with Gasteiger partial charge in [-0.2, -0.15) is 0 Å². The maximum absolute atomic E-state index is 12.5. The summed E-state index contributed by atoms with van der Waals surface area (Å²) in [7, 11) is 4.32. The van der Waals surface area contributed by atoms with Crippen molar-refractivity contribution in [3.8, 4) is 0 Å². The minimum absolute atomic E-state index is 0. The van der Waals surface area contributed by atoms with Gasteiger partial charge in [-0.15, -0.1) is 0 Å². The standard InChI is InChI=1S/C10H20O2.C9H13N.3C4H9.ClH.Sn/c1-10(2,3)8-6-4-5-7-9(11)12;1-10(2)8-9-6-4-3-5-7-9;3*1-3-4-2;;/h4-8H2,1-3H3,(H,11,12);3-7H,8H2,1-2H3;3*1,3-4H2,2H3;1H;/q;;;;;;+1/p-1. The first-order chi connectivity index (χ1) is 16.6. The number of hydrogen-bond donors (Lipinski definition) is 1. The van der Waals surface area contributed by atoms with Crippen molar-refractivity contribution >= 4 is 24.8 Å². The molecule has 1 aromatic carbocycles. The second kappa shape index (κ2) is 22.7. The van der Waals surface area contributed by atoms with Gasteiger partial charge in [0.2, 0.25) is 0 Å². The smallest absolute Gasteiger partial charge is 0.102 e. The molecule has 0 atom stereocenters. The fourth-order valence-electron chi connectivity index (χ4n) is 4.42. The minimum atomic E-state index is -2.73. The molecule has 0 bridgehead atoms. The number of unbranched alkanes of at least 4 members (excludes halogenated alkanes) is 5. The topological polar surface area (TPSA) is 30.7 Å². The molecule has 0 aliphatic heterocycles. The molecule has 0 radical (unpaired) electrons. The van der Waals surface area contributed by atoms with E-state index in [0.29, 0.717) is 11.8 Å². The Hall–Kier alpha value is -0.261. The molecule has 0 fully saturated rings. The molecule has 0 unspecified atom stereocenters. The molecule has 1 N–H and O–H groups in total. The van der Waals surface area contributed by atoms with Crippen LogP contribution in [0.4, 0.5) is 0 Å². The molecule has 1 rings (SSSR count). The normalized spacial score (nSPS) is 11.5. The fraction of sp³-hybridized carbons (Fsp3) is 0.774. The molecule has 0 aliphatic carbocycles. The molecule has 3 nitrogen and oxygen atoms in total. The quantitative estimate of drug-likeness (QED) is 0.189. The minimum Gasteiger partial charge on any atom is -1.00 e. The van der Waals surface area contributed by atoms with Gasteiger partial charge in [0, 0.05) is 5.56 Å². The SMILES string of the molecule is CCC[CH2][Sn]([CH2]CCC)([CH2]CCC)[O]C(=O)CCCCCC(C)(C)C.C[NH+](C)Cc1ccccc1.[Cl-]. The van der Waals surface area contributed by atoms with Gasteiger partial charge in [0.05, 0.1) is 14.1 Å². The zero-order valence-corrected chi connectivity index (χ0v) is 28.8. The summed E-state index contributed by atoms with van der Waals surface area (Å²) < 4.78 is 10.1. The van der Waals surface area contributed by atoms with Gasteiger partial charge in [-0.05, 0) is 0 Å². The summed E-state index contributed by atoms with van der Waals surface area (Å²) in [4.78, 5) is 14.0. The van der Waals surface area contributed by atoms with E-state index in [4.69, 9.17) is 3.07 Å². The summed E-state index contributed by atoms with van der Waals surface area (Å²) in [5, 5.41) is 0. The molecule has 0 amide bonds. The van der Waals surface area contributed by atoms with Gasteiger partial charge < -0.3 is 17.3 Å². The number of hydrogen-bond acceptors (Lipinski definition) is 2. The Morgan fingerprint density at radius 1 is 0.806 bits per heavy atom. The number of rotatable bonds is 17. The molecule has 0 aromatic heterocycles. The van der Waals surface area contributed by atoms with Crippen molar-refractivity contribution in [3.63, 3.8) is 0 Å². The van der Waals surface area contributed by atoms with Gasteiger partial charge in [-0.1, -0.05) is 30.3 Å². The van der Waals surface area contributed by atoms with Crippen LogP contribution in [-0.4, -0.2) is 38.9 Å². The van der Waals surface area contributed by atoms with Crippen LogP contribution >= 0.6 is 0 Å². The van der Waals surface area contributed by atoms with Crippen LogP contribution in [0, 0.1) is 5.41 Å². The predicted octanol–water partition coefficient (Wildman–Crippen LogP) is 5.21. The Bertz CT molecular complexity index is 609. The number of halogens is 1. The Morgan fingerprint density at radius 3 is 1.72 bits per heavy atom. The maximum Gasteiger partial charge on any atom is 0.102 e. The number of benzene rings is 1. The number of carbonyl (C=O) groups excluding carboxylic acids is 1. The van der Waals surface area contributed by atoms with Crippen molar-refractivity contribution in [3.05, 3.63) is 35.9 Å². The van der Waals surface area contributed by atoms with Crippen LogP contribution in [0.15, 0.2) is 30.3 Å². The van der Waals surface area contributed by atoms with Crippen molar-refractivity contribution in [1.82, 2.24) is 0 Å². The first kappa shape index (κ1) is 37.9. The van der Waals surface area contributed by atoms with Crippen LogP contribution < -0.4 is 17.3 Å². The Morgan fingerprint density at radius 2 is 1.31 bits per heavy atom.